The van der Waals surface area contributed by atoms with E-state index in [1.165, 1.54) is 0 Å². The largest absolute Gasteiger partial charge is 0.365 e. The Labute approximate surface area is 117 Å². The molecule has 0 atom stereocenters. The van der Waals surface area contributed by atoms with Crippen molar-refractivity contribution < 1.29 is 4.52 Å². The molecule has 1 N–H and O–H groups in total. The lowest BCUT2D eigenvalue weighted by Gasteiger charge is -2.22. The maximum Gasteiger partial charge on any atom is 0.293 e. The Morgan fingerprint density at radius 2 is 2.15 bits per heavy atom. The first-order valence-electron chi connectivity index (χ1n) is 6.49. The minimum absolute atomic E-state index is 0.137. The van der Waals surface area contributed by atoms with E-state index in [1.807, 2.05) is 20.8 Å². The number of aromatic nitrogens is 4. The van der Waals surface area contributed by atoms with Crippen molar-refractivity contribution >= 4 is 5.82 Å². The summed E-state index contributed by atoms with van der Waals surface area (Å²) in [6, 6.07) is 0. The summed E-state index contributed by atoms with van der Waals surface area (Å²) in [6.07, 6.45) is 3.85. The van der Waals surface area contributed by atoms with Gasteiger partial charge in [0, 0.05) is 30.9 Å². The van der Waals surface area contributed by atoms with Gasteiger partial charge in [0.2, 0.25) is 5.89 Å². The van der Waals surface area contributed by atoms with Crippen LogP contribution in [0.3, 0.4) is 0 Å². The standard InChI is InChI=1S/C13H19N5O2/c1-9-16-10(20-17-9)5-6-14-11-12(19)18(8-7-15-11)13(2,3)4/h7-8H,5-6H2,1-4H3,(H,14,15). The van der Waals surface area contributed by atoms with Crippen molar-refractivity contribution in [1.29, 1.82) is 0 Å². The summed E-state index contributed by atoms with van der Waals surface area (Å²) in [5.74, 6) is 1.48. The number of aryl methyl sites for hydroxylation is 1. The molecule has 0 spiro atoms. The van der Waals surface area contributed by atoms with Crippen molar-refractivity contribution in [2.45, 2.75) is 39.7 Å². The molecule has 7 heteroatoms. The maximum atomic E-state index is 12.2. The second-order valence-corrected chi connectivity index (χ2v) is 5.53. The number of hydrogen-bond donors (Lipinski definition) is 1. The number of hydrogen-bond acceptors (Lipinski definition) is 6. The van der Waals surface area contributed by atoms with E-state index >= 15 is 0 Å². The average molecular weight is 277 g/mol. The highest BCUT2D eigenvalue weighted by Crippen LogP contribution is 2.10. The number of rotatable bonds is 4. The normalized spacial score (nSPS) is 11.6. The molecular formula is C13H19N5O2. The van der Waals surface area contributed by atoms with Gasteiger partial charge in [0.15, 0.2) is 11.6 Å². The fraction of sp³-hybridized carbons (Fsp3) is 0.538. The number of nitrogens with one attached hydrogen (secondary N) is 1. The summed E-state index contributed by atoms with van der Waals surface area (Å²) in [4.78, 5) is 20.4. The zero-order valence-corrected chi connectivity index (χ0v) is 12.2. The molecule has 0 unspecified atom stereocenters. The van der Waals surface area contributed by atoms with Crippen molar-refractivity contribution in [3.05, 3.63) is 34.5 Å². The first-order chi connectivity index (χ1) is 9.38. The summed E-state index contributed by atoms with van der Waals surface area (Å²) in [5, 5.41) is 6.72. The van der Waals surface area contributed by atoms with Crippen molar-refractivity contribution in [1.82, 2.24) is 19.7 Å². The fourth-order valence-electron chi connectivity index (χ4n) is 1.79. The molecule has 2 heterocycles. The van der Waals surface area contributed by atoms with Crippen LogP contribution in [0, 0.1) is 6.92 Å². The third-order valence-corrected chi connectivity index (χ3v) is 2.76. The molecule has 0 fully saturated rings. The Balaban J connectivity index is 2.05. The number of anilines is 1. The Morgan fingerprint density at radius 1 is 1.40 bits per heavy atom. The van der Waals surface area contributed by atoms with E-state index in [4.69, 9.17) is 4.52 Å². The van der Waals surface area contributed by atoms with Crippen LogP contribution in [0.15, 0.2) is 21.7 Å². The second-order valence-electron chi connectivity index (χ2n) is 5.53. The van der Waals surface area contributed by atoms with Gasteiger partial charge in [-0.15, -0.1) is 0 Å². The predicted molar refractivity (Wildman–Crippen MR) is 74.7 cm³/mol. The molecule has 0 aliphatic rings. The molecule has 0 aliphatic carbocycles. The lowest BCUT2D eigenvalue weighted by molar-refractivity contribution is 0.376. The van der Waals surface area contributed by atoms with Crippen molar-refractivity contribution in [3.8, 4) is 0 Å². The molecule has 0 amide bonds. The van der Waals surface area contributed by atoms with Crippen LogP contribution in [0.2, 0.25) is 0 Å². The highest BCUT2D eigenvalue weighted by molar-refractivity contribution is 5.31. The Bertz CT molecular complexity index is 639. The monoisotopic (exact) mass is 277 g/mol. The maximum absolute atomic E-state index is 12.2. The molecular weight excluding hydrogens is 258 g/mol. The molecule has 20 heavy (non-hydrogen) atoms. The van der Waals surface area contributed by atoms with Crippen LogP contribution in [-0.2, 0) is 12.0 Å². The van der Waals surface area contributed by atoms with Gasteiger partial charge in [-0.3, -0.25) is 4.79 Å². The predicted octanol–water partition coefficient (Wildman–Crippen LogP) is 1.34. The van der Waals surface area contributed by atoms with Gasteiger partial charge in [-0.05, 0) is 27.7 Å². The third kappa shape index (κ3) is 3.23. The summed E-state index contributed by atoms with van der Waals surface area (Å²) in [7, 11) is 0. The van der Waals surface area contributed by atoms with Crippen LogP contribution in [0.25, 0.3) is 0 Å². The Hall–Kier alpha value is -2.18. The van der Waals surface area contributed by atoms with Crippen LogP contribution in [0.4, 0.5) is 5.82 Å². The zero-order chi connectivity index (χ0) is 14.8. The van der Waals surface area contributed by atoms with Gasteiger partial charge in [0.1, 0.15) is 0 Å². The number of nitrogens with zero attached hydrogens (tertiary/aromatic N) is 4. The van der Waals surface area contributed by atoms with E-state index in [2.05, 4.69) is 20.4 Å². The lowest BCUT2D eigenvalue weighted by Crippen LogP contribution is -2.35. The van der Waals surface area contributed by atoms with Crippen LogP contribution in [0.1, 0.15) is 32.5 Å². The fourth-order valence-corrected chi connectivity index (χ4v) is 1.79. The smallest absolute Gasteiger partial charge is 0.293 e. The molecule has 2 aromatic rings. The van der Waals surface area contributed by atoms with E-state index in [9.17, 15) is 4.79 Å². The zero-order valence-electron chi connectivity index (χ0n) is 12.2. The SMILES string of the molecule is Cc1noc(CCNc2nccn(C(C)(C)C)c2=O)n1. The quantitative estimate of drug-likeness (QED) is 0.907. The van der Waals surface area contributed by atoms with E-state index in [0.717, 1.165) is 0 Å². The highest BCUT2D eigenvalue weighted by atomic mass is 16.5. The van der Waals surface area contributed by atoms with Crippen LogP contribution in [-0.4, -0.2) is 26.2 Å². The van der Waals surface area contributed by atoms with Gasteiger partial charge in [0.25, 0.3) is 5.56 Å². The van der Waals surface area contributed by atoms with Crippen molar-refractivity contribution in [3.63, 3.8) is 0 Å². The van der Waals surface area contributed by atoms with Gasteiger partial charge in [0.05, 0.1) is 0 Å². The first-order valence-corrected chi connectivity index (χ1v) is 6.49. The van der Waals surface area contributed by atoms with Crippen LogP contribution in [0.5, 0.6) is 0 Å². The van der Waals surface area contributed by atoms with Crippen LogP contribution < -0.4 is 10.9 Å². The summed E-state index contributed by atoms with van der Waals surface area (Å²) >= 11 is 0. The molecule has 0 radical (unpaired) electrons. The molecule has 0 aliphatic heterocycles. The van der Waals surface area contributed by atoms with Gasteiger partial charge < -0.3 is 14.4 Å². The van der Waals surface area contributed by atoms with Crippen molar-refractivity contribution in [2.75, 3.05) is 11.9 Å². The van der Waals surface area contributed by atoms with E-state index < -0.39 is 0 Å². The molecule has 108 valence electrons. The average Bonchev–Trinajstić information content (AvgIpc) is 2.76. The van der Waals surface area contributed by atoms with Gasteiger partial charge in [-0.1, -0.05) is 5.16 Å². The molecule has 2 aromatic heterocycles. The molecule has 0 aromatic carbocycles. The minimum Gasteiger partial charge on any atom is -0.365 e. The molecule has 7 nitrogen and oxygen atoms in total. The van der Waals surface area contributed by atoms with Crippen molar-refractivity contribution in [2.24, 2.45) is 0 Å². The van der Waals surface area contributed by atoms with E-state index in [0.29, 0.717) is 30.5 Å². The third-order valence-electron chi connectivity index (χ3n) is 2.76. The summed E-state index contributed by atoms with van der Waals surface area (Å²) < 4.78 is 6.66. The first kappa shape index (κ1) is 14.2. The van der Waals surface area contributed by atoms with Gasteiger partial charge >= 0.3 is 0 Å². The summed E-state index contributed by atoms with van der Waals surface area (Å²) in [6.45, 7) is 8.19. The molecule has 0 saturated heterocycles. The van der Waals surface area contributed by atoms with Gasteiger partial charge in [-0.2, -0.15) is 4.98 Å². The molecule has 2 rings (SSSR count). The minimum atomic E-state index is -0.278. The Morgan fingerprint density at radius 3 is 2.75 bits per heavy atom. The van der Waals surface area contributed by atoms with Gasteiger partial charge in [-0.25, -0.2) is 4.98 Å². The molecule has 0 saturated carbocycles. The topological polar surface area (TPSA) is 85.8 Å². The summed E-state index contributed by atoms with van der Waals surface area (Å²) in [5.41, 5.74) is -0.415. The Kier molecular flexibility index (Phi) is 3.87. The van der Waals surface area contributed by atoms with E-state index in [-0.39, 0.29) is 11.1 Å². The van der Waals surface area contributed by atoms with E-state index in [1.54, 1.807) is 23.9 Å². The van der Waals surface area contributed by atoms with Crippen LogP contribution >= 0.6 is 0 Å². The molecule has 0 bridgehead atoms. The lowest BCUT2D eigenvalue weighted by atomic mass is 10.1. The highest BCUT2D eigenvalue weighted by Gasteiger charge is 2.16. The second kappa shape index (κ2) is 5.44.